The number of carbonyl (C=O) groups is 1. The molecule has 0 radical (unpaired) electrons. The summed E-state index contributed by atoms with van der Waals surface area (Å²) in [7, 11) is 0. The summed E-state index contributed by atoms with van der Waals surface area (Å²) in [6, 6.07) is 0.606. The number of H-pyrrole nitrogens is 1. The first-order valence-electron chi connectivity index (χ1n) is 4.04. The number of carbonyl (C=O) groups excluding carboxylic acids is 1. The van der Waals surface area contributed by atoms with Crippen LogP contribution in [0.2, 0.25) is 0 Å². The Morgan fingerprint density at radius 2 is 2.06 bits per heavy atom. The highest BCUT2D eigenvalue weighted by atomic mass is 19.4. The van der Waals surface area contributed by atoms with Crippen LogP contribution in [0.25, 0.3) is 6.08 Å². The predicted octanol–water partition coefficient (Wildman–Crippen LogP) is 1.14. The maximum Gasteiger partial charge on any atom is 0.431 e. The summed E-state index contributed by atoms with van der Waals surface area (Å²) in [6.07, 6.45) is -3.74. The molecular formula is C9H7F3N2O2. The highest BCUT2D eigenvalue weighted by Gasteiger charge is 2.33. The number of primary amides is 1. The summed E-state index contributed by atoms with van der Waals surface area (Å²) in [5.41, 5.74) is 1.64. The van der Waals surface area contributed by atoms with E-state index in [1.807, 2.05) is 0 Å². The Kier molecular flexibility index (Phi) is 2.88. The van der Waals surface area contributed by atoms with Gasteiger partial charge in [0.2, 0.25) is 0 Å². The summed E-state index contributed by atoms with van der Waals surface area (Å²) in [6.45, 7) is 3.21. The third-order valence-electron chi connectivity index (χ3n) is 1.84. The Balaban J connectivity index is 3.57. The van der Waals surface area contributed by atoms with Gasteiger partial charge in [-0.05, 0) is 11.6 Å². The number of halogens is 3. The van der Waals surface area contributed by atoms with Crippen LogP contribution >= 0.6 is 0 Å². The molecule has 0 fully saturated rings. The minimum atomic E-state index is -4.70. The molecule has 1 heterocycles. The Bertz CT molecular complexity index is 502. The van der Waals surface area contributed by atoms with Crippen LogP contribution < -0.4 is 11.3 Å². The van der Waals surface area contributed by atoms with Gasteiger partial charge in [0.15, 0.2) is 0 Å². The van der Waals surface area contributed by atoms with E-state index in [1.54, 1.807) is 4.98 Å². The van der Waals surface area contributed by atoms with Gasteiger partial charge in [0, 0.05) is 0 Å². The van der Waals surface area contributed by atoms with Crippen molar-refractivity contribution in [2.75, 3.05) is 0 Å². The fraction of sp³-hybridized carbons (Fsp3) is 0.111. The third kappa shape index (κ3) is 2.13. The van der Waals surface area contributed by atoms with E-state index in [9.17, 15) is 22.8 Å². The lowest BCUT2D eigenvalue weighted by molar-refractivity contribution is -0.141. The lowest BCUT2D eigenvalue weighted by Crippen LogP contribution is -2.27. The molecule has 0 aliphatic carbocycles. The summed E-state index contributed by atoms with van der Waals surface area (Å²) >= 11 is 0. The normalized spacial score (nSPS) is 11.2. The average molecular weight is 232 g/mol. The molecule has 0 spiro atoms. The molecule has 1 amide bonds. The molecule has 86 valence electrons. The van der Waals surface area contributed by atoms with Gasteiger partial charge in [-0.2, -0.15) is 13.2 Å². The molecule has 0 saturated carbocycles. The second-order valence-corrected chi connectivity index (χ2v) is 2.91. The second-order valence-electron chi connectivity index (χ2n) is 2.91. The lowest BCUT2D eigenvalue weighted by atomic mass is 10.1. The standard InChI is InChI=1S/C9H7F3N2O2/c1-2-4-3-5(9(10,11)12)14-8(16)6(4)7(13)15/h2-3H,1H2,(H2,13,15)(H,14,16). The predicted molar refractivity (Wildman–Crippen MR) is 50.7 cm³/mol. The average Bonchev–Trinajstić information content (AvgIpc) is 2.14. The van der Waals surface area contributed by atoms with Crippen molar-refractivity contribution in [2.24, 2.45) is 5.73 Å². The first kappa shape index (κ1) is 12.0. The first-order valence-corrected chi connectivity index (χ1v) is 4.04. The highest BCUT2D eigenvalue weighted by Crippen LogP contribution is 2.27. The monoisotopic (exact) mass is 232 g/mol. The van der Waals surface area contributed by atoms with Crippen LogP contribution in [0.1, 0.15) is 21.6 Å². The molecule has 4 nitrogen and oxygen atoms in total. The number of amides is 1. The van der Waals surface area contributed by atoms with E-state index in [1.165, 1.54) is 0 Å². The van der Waals surface area contributed by atoms with Crippen molar-refractivity contribution in [1.82, 2.24) is 4.98 Å². The number of aromatic nitrogens is 1. The topological polar surface area (TPSA) is 75.9 Å². The van der Waals surface area contributed by atoms with Crippen molar-refractivity contribution in [3.8, 4) is 0 Å². The molecule has 0 aliphatic heterocycles. The van der Waals surface area contributed by atoms with Gasteiger partial charge in [-0.1, -0.05) is 12.7 Å². The van der Waals surface area contributed by atoms with Crippen LogP contribution in [-0.2, 0) is 6.18 Å². The van der Waals surface area contributed by atoms with Gasteiger partial charge in [-0.25, -0.2) is 0 Å². The van der Waals surface area contributed by atoms with E-state index in [0.717, 1.165) is 6.08 Å². The smallest absolute Gasteiger partial charge is 0.365 e. The van der Waals surface area contributed by atoms with Gasteiger partial charge in [0.1, 0.15) is 11.3 Å². The molecule has 0 aliphatic rings. The van der Waals surface area contributed by atoms with Crippen LogP contribution in [0.3, 0.4) is 0 Å². The molecule has 16 heavy (non-hydrogen) atoms. The van der Waals surface area contributed by atoms with Crippen molar-refractivity contribution < 1.29 is 18.0 Å². The quantitative estimate of drug-likeness (QED) is 0.802. The maximum absolute atomic E-state index is 12.3. The van der Waals surface area contributed by atoms with Crippen molar-refractivity contribution in [2.45, 2.75) is 6.18 Å². The molecule has 0 saturated heterocycles. The molecule has 3 N–H and O–H groups in total. The number of alkyl halides is 3. The SMILES string of the molecule is C=Cc1cc(C(F)(F)F)[nH]c(=O)c1C(N)=O. The summed E-state index contributed by atoms with van der Waals surface area (Å²) in [5, 5.41) is 0. The van der Waals surface area contributed by atoms with E-state index >= 15 is 0 Å². The number of hydrogen-bond acceptors (Lipinski definition) is 2. The van der Waals surface area contributed by atoms with Crippen molar-refractivity contribution >= 4 is 12.0 Å². The minimum Gasteiger partial charge on any atom is -0.365 e. The van der Waals surface area contributed by atoms with Gasteiger partial charge >= 0.3 is 6.18 Å². The third-order valence-corrected chi connectivity index (χ3v) is 1.84. The van der Waals surface area contributed by atoms with E-state index < -0.39 is 28.9 Å². The minimum absolute atomic E-state index is 0.247. The molecule has 7 heteroatoms. The maximum atomic E-state index is 12.3. The fourth-order valence-corrected chi connectivity index (χ4v) is 1.15. The van der Waals surface area contributed by atoms with E-state index in [4.69, 9.17) is 5.73 Å². The number of rotatable bonds is 2. The van der Waals surface area contributed by atoms with Crippen LogP contribution in [0.15, 0.2) is 17.4 Å². The summed E-state index contributed by atoms with van der Waals surface area (Å²) in [5.74, 6) is -1.11. The molecule has 1 aromatic rings. The van der Waals surface area contributed by atoms with Gasteiger partial charge < -0.3 is 10.7 Å². The van der Waals surface area contributed by atoms with Crippen LogP contribution in [0, 0.1) is 0 Å². The number of pyridine rings is 1. The Morgan fingerprint density at radius 1 is 1.50 bits per heavy atom. The van der Waals surface area contributed by atoms with Crippen molar-refractivity contribution in [1.29, 1.82) is 0 Å². The Labute approximate surface area is 87.6 Å². The molecule has 0 bridgehead atoms. The second kappa shape index (κ2) is 3.84. The molecule has 0 unspecified atom stereocenters. The van der Waals surface area contributed by atoms with Gasteiger partial charge in [0.05, 0.1) is 0 Å². The Hall–Kier alpha value is -2.05. The lowest BCUT2D eigenvalue weighted by Gasteiger charge is -2.08. The first-order chi connectivity index (χ1) is 7.27. The van der Waals surface area contributed by atoms with Gasteiger partial charge in [0.25, 0.3) is 11.5 Å². The summed E-state index contributed by atoms with van der Waals surface area (Å²) < 4.78 is 36.9. The molecule has 0 aromatic carbocycles. The molecule has 0 atom stereocenters. The largest absolute Gasteiger partial charge is 0.431 e. The zero-order chi connectivity index (χ0) is 12.5. The zero-order valence-electron chi connectivity index (χ0n) is 7.89. The highest BCUT2D eigenvalue weighted by molar-refractivity contribution is 5.96. The number of nitrogens with one attached hydrogen (secondary N) is 1. The van der Waals surface area contributed by atoms with E-state index in [0.29, 0.717) is 6.07 Å². The molecular weight excluding hydrogens is 225 g/mol. The van der Waals surface area contributed by atoms with Gasteiger partial charge in [-0.15, -0.1) is 0 Å². The molecule has 1 aromatic heterocycles. The fourth-order valence-electron chi connectivity index (χ4n) is 1.15. The molecule has 1 rings (SSSR count). The van der Waals surface area contributed by atoms with E-state index in [2.05, 4.69) is 6.58 Å². The van der Waals surface area contributed by atoms with Gasteiger partial charge in [-0.3, -0.25) is 9.59 Å². The van der Waals surface area contributed by atoms with Crippen LogP contribution in [-0.4, -0.2) is 10.9 Å². The number of nitrogens with two attached hydrogens (primary N) is 1. The summed E-state index contributed by atoms with van der Waals surface area (Å²) in [4.78, 5) is 23.6. The van der Waals surface area contributed by atoms with Crippen molar-refractivity contribution in [3.63, 3.8) is 0 Å². The van der Waals surface area contributed by atoms with Crippen molar-refractivity contribution in [3.05, 3.63) is 39.8 Å². The van der Waals surface area contributed by atoms with Crippen LogP contribution in [0.5, 0.6) is 0 Å². The zero-order valence-corrected chi connectivity index (χ0v) is 7.89. The van der Waals surface area contributed by atoms with Crippen LogP contribution in [0.4, 0.5) is 13.2 Å². The number of hydrogen-bond donors (Lipinski definition) is 2. The van der Waals surface area contributed by atoms with E-state index in [-0.39, 0.29) is 5.56 Å². The Morgan fingerprint density at radius 3 is 2.44 bits per heavy atom. The number of aromatic amines is 1.